The minimum Gasteiger partial charge on any atom is -0.324 e. The number of benzene rings is 2. The first kappa shape index (κ1) is 20.8. The van der Waals surface area contributed by atoms with Gasteiger partial charge in [0, 0.05) is 23.4 Å². The van der Waals surface area contributed by atoms with Crippen LogP contribution in [0.1, 0.15) is 16.7 Å². The topological polar surface area (TPSA) is 107 Å². The average Bonchev–Trinajstić information content (AvgIpc) is 2.68. The summed E-state index contributed by atoms with van der Waals surface area (Å²) in [6.07, 6.45) is 0. The number of carbonyl (C=O) groups excluding carboxylic acids is 1. The van der Waals surface area contributed by atoms with Gasteiger partial charge in [-0.1, -0.05) is 6.07 Å². The number of hydrogen-bond donors (Lipinski definition) is 1. The Labute approximate surface area is 171 Å². The Kier molecular flexibility index (Phi) is 5.72. The van der Waals surface area contributed by atoms with Gasteiger partial charge in [0.15, 0.2) is 0 Å². The van der Waals surface area contributed by atoms with Crippen LogP contribution in [0.25, 0.3) is 11.3 Å². The predicted octanol–water partition coefficient (Wildman–Crippen LogP) is 3.52. The lowest BCUT2D eigenvalue weighted by molar-refractivity contribution is -0.387. The van der Waals surface area contributed by atoms with Crippen molar-refractivity contribution in [1.82, 2.24) is 9.78 Å². The number of nitro benzene ring substituents is 1. The molecule has 8 nitrogen and oxygen atoms in total. The molecule has 0 aliphatic heterocycles. The molecule has 3 rings (SSSR count). The molecule has 0 radical (unpaired) electrons. The number of hydrogen-bond acceptors (Lipinski definition) is 5. The van der Waals surface area contributed by atoms with E-state index in [4.69, 9.17) is 0 Å². The second kappa shape index (κ2) is 8.24. The summed E-state index contributed by atoms with van der Waals surface area (Å²) in [5.41, 5.74) is 3.40. The first-order chi connectivity index (χ1) is 14.2. The van der Waals surface area contributed by atoms with Gasteiger partial charge in [-0.05, 0) is 61.7 Å². The number of carbonyl (C=O) groups is 1. The van der Waals surface area contributed by atoms with E-state index in [-0.39, 0.29) is 5.69 Å². The van der Waals surface area contributed by atoms with E-state index in [0.29, 0.717) is 5.69 Å². The van der Waals surface area contributed by atoms with Gasteiger partial charge in [0.05, 0.1) is 10.6 Å². The fourth-order valence-corrected chi connectivity index (χ4v) is 3.01. The lowest BCUT2D eigenvalue weighted by atomic mass is 9.99. The fourth-order valence-electron chi connectivity index (χ4n) is 3.01. The Morgan fingerprint density at radius 1 is 1.10 bits per heavy atom. The van der Waals surface area contributed by atoms with Crippen molar-refractivity contribution in [2.24, 2.45) is 0 Å². The van der Waals surface area contributed by atoms with Crippen molar-refractivity contribution < 1.29 is 14.1 Å². The molecule has 0 bridgehead atoms. The molecule has 0 saturated carbocycles. The van der Waals surface area contributed by atoms with Crippen LogP contribution in [0.3, 0.4) is 0 Å². The smallest absolute Gasteiger partial charge is 0.306 e. The Morgan fingerprint density at radius 2 is 1.80 bits per heavy atom. The minimum absolute atomic E-state index is 0.0438. The number of aromatic nitrogens is 2. The molecule has 0 aliphatic carbocycles. The number of halogens is 1. The average molecular weight is 410 g/mol. The first-order valence-electron chi connectivity index (χ1n) is 9.06. The second-order valence-electron chi connectivity index (χ2n) is 6.94. The summed E-state index contributed by atoms with van der Waals surface area (Å²) in [6.45, 7) is 5.52. The minimum atomic E-state index is -1.01. The largest absolute Gasteiger partial charge is 0.324 e. The van der Waals surface area contributed by atoms with Crippen molar-refractivity contribution in [2.45, 2.75) is 27.3 Å². The quantitative estimate of drug-likeness (QED) is 0.512. The van der Waals surface area contributed by atoms with E-state index in [2.05, 4.69) is 10.4 Å². The molecule has 0 spiro atoms. The monoisotopic (exact) mass is 410 g/mol. The van der Waals surface area contributed by atoms with Crippen LogP contribution in [0.4, 0.5) is 15.8 Å². The highest BCUT2D eigenvalue weighted by molar-refractivity contribution is 5.90. The molecular weight excluding hydrogens is 391 g/mol. The van der Waals surface area contributed by atoms with Gasteiger partial charge < -0.3 is 5.32 Å². The van der Waals surface area contributed by atoms with Crippen LogP contribution < -0.4 is 10.9 Å². The van der Waals surface area contributed by atoms with Gasteiger partial charge in [0.2, 0.25) is 11.7 Å². The molecule has 0 fully saturated rings. The summed E-state index contributed by atoms with van der Waals surface area (Å²) in [7, 11) is 0. The van der Waals surface area contributed by atoms with E-state index in [1.807, 2.05) is 32.9 Å². The van der Waals surface area contributed by atoms with Gasteiger partial charge in [-0.25, -0.2) is 4.68 Å². The van der Waals surface area contributed by atoms with Crippen molar-refractivity contribution in [2.75, 3.05) is 5.32 Å². The van der Waals surface area contributed by atoms with Crippen LogP contribution >= 0.6 is 0 Å². The molecule has 154 valence electrons. The number of nitrogens with one attached hydrogen (secondary N) is 1. The highest BCUT2D eigenvalue weighted by Crippen LogP contribution is 2.24. The van der Waals surface area contributed by atoms with E-state index >= 15 is 0 Å². The van der Waals surface area contributed by atoms with E-state index in [0.717, 1.165) is 39.1 Å². The highest BCUT2D eigenvalue weighted by atomic mass is 19.1. The Hall–Kier alpha value is -3.88. The Morgan fingerprint density at radius 3 is 2.50 bits per heavy atom. The number of nitrogens with zero attached hydrogens (tertiary/aromatic N) is 3. The zero-order valence-electron chi connectivity index (χ0n) is 16.6. The van der Waals surface area contributed by atoms with Crippen molar-refractivity contribution >= 4 is 17.3 Å². The fraction of sp³-hybridized carbons (Fsp3) is 0.190. The Bertz CT molecular complexity index is 1220. The summed E-state index contributed by atoms with van der Waals surface area (Å²) < 4.78 is 14.5. The van der Waals surface area contributed by atoms with Crippen molar-refractivity contribution in [3.8, 4) is 11.3 Å². The molecule has 1 heterocycles. The van der Waals surface area contributed by atoms with Crippen LogP contribution in [0, 0.1) is 36.7 Å². The highest BCUT2D eigenvalue weighted by Gasteiger charge is 2.16. The maximum Gasteiger partial charge on any atom is 0.306 e. The van der Waals surface area contributed by atoms with Crippen LogP contribution in [-0.4, -0.2) is 20.6 Å². The normalized spacial score (nSPS) is 10.7. The Balaban J connectivity index is 1.85. The lowest BCUT2D eigenvalue weighted by Gasteiger charge is -2.11. The molecule has 0 saturated heterocycles. The number of amides is 1. The van der Waals surface area contributed by atoms with Gasteiger partial charge in [-0.2, -0.15) is 9.49 Å². The van der Waals surface area contributed by atoms with Gasteiger partial charge >= 0.3 is 5.69 Å². The summed E-state index contributed by atoms with van der Waals surface area (Å²) in [5, 5.41) is 17.5. The molecular formula is C21H19FN4O4. The predicted molar refractivity (Wildman–Crippen MR) is 110 cm³/mol. The summed E-state index contributed by atoms with van der Waals surface area (Å²) >= 11 is 0. The molecule has 0 aliphatic rings. The van der Waals surface area contributed by atoms with E-state index in [1.54, 1.807) is 6.07 Å². The lowest BCUT2D eigenvalue weighted by Crippen LogP contribution is -2.29. The molecule has 9 heteroatoms. The van der Waals surface area contributed by atoms with Crippen molar-refractivity contribution in [1.29, 1.82) is 0 Å². The zero-order chi connectivity index (χ0) is 22.0. The molecule has 2 aromatic carbocycles. The third-order valence-corrected chi connectivity index (χ3v) is 4.70. The standard InChI is InChI=1S/C21H19FN4O4/c1-12-8-14(3)16(9-13(12)2)18-6-7-21(28)25(24-18)11-20(27)23-15-4-5-17(22)19(10-15)26(29)30/h4-10H,11H2,1-3H3,(H,23,27). The van der Waals surface area contributed by atoms with Gasteiger partial charge in [0.1, 0.15) is 6.54 Å². The number of rotatable bonds is 5. The van der Waals surface area contributed by atoms with Crippen LogP contribution in [0.2, 0.25) is 0 Å². The van der Waals surface area contributed by atoms with Gasteiger partial charge in [-0.15, -0.1) is 0 Å². The van der Waals surface area contributed by atoms with E-state index in [9.17, 15) is 24.1 Å². The third-order valence-electron chi connectivity index (χ3n) is 4.70. The zero-order valence-corrected chi connectivity index (χ0v) is 16.6. The first-order valence-corrected chi connectivity index (χ1v) is 9.06. The summed E-state index contributed by atoms with van der Waals surface area (Å²) in [5.74, 6) is -1.63. The third kappa shape index (κ3) is 4.40. The van der Waals surface area contributed by atoms with Crippen LogP contribution in [-0.2, 0) is 11.3 Å². The van der Waals surface area contributed by atoms with Gasteiger partial charge in [-0.3, -0.25) is 19.7 Å². The SMILES string of the molecule is Cc1cc(C)c(-c2ccc(=O)n(CC(=O)Nc3ccc(F)c([N+](=O)[O-])c3)n2)cc1C. The molecule has 0 unspecified atom stereocenters. The van der Waals surface area contributed by atoms with Crippen LogP contribution in [0.15, 0.2) is 47.3 Å². The summed E-state index contributed by atoms with van der Waals surface area (Å²) in [4.78, 5) is 34.5. The molecule has 1 N–H and O–H groups in total. The number of nitro groups is 1. The maximum absolute atomic E-state index is 13.4. The molecule has 1 amide bonds. The molecule has 0 atom stereocenters. The number of aryl methyl sites for hydroxylation is 3. The second-order valence-corrected chi connectivity index (χ2v) is 6.94. The molecule has 1 aromatic heterocycles. The van der Waals surface area contributed by atoms with Crippen LogP contribution in [0.5, 0.6) is 0 Å². The molecule has 30 heavy (non-hydrogen) atoms. The molecule has 3 aromatic rings. The summed E-state index contributed by atoms with van der Waals surface area (Å²) in [6, 6.07) is 9.92. The van der Waals surface area contributed by atoms with Gasteiger partial charge in [0.25, 0.3) is 5.56 Å². The van der Waals surface area contributed by atoms with Crippen molar-refractivity contribution in [3.05, 3.63) is 85.4 Å². The van der Waals surface area contributed by atoms with E-state index < -0.39 is 34.4 Å². The van der Waals surface area contributed by atoms with E-state index in [1.165, 1.54) is 12.1 Å². The number of anilines is 1. The maximum atomic E-state index is 13.4. The van der Waals surface area contributed by atoms with Crippen molar-refractivity contribution in [3.63, 3.8) is 0 Å².